The summed E-state index contributed by atoms with van der Waals surface area (Å²) in [7, 11) is 1.60. The van der Waals surface area contributed by atoms with Crippen molar-refractivity contribution in [2.24, 2.45) is 0 Å². The summed E-state index contributed by atoms with van der Waals surface area (Å²) in [6.07, 6.45) is 0. The van der Waals surface area contributed by atoms with Crippen LogP contribution in [-0.2, 0) is 4.79 Å². The van der Waals surface area contributed by atoms with Crippen LogP contribution in [0.2, 0.25) is 0 Å². The summed E-state index contributed by atoms with van der Waals surface area (Å²) >= 11 is 6.90. The van der Waals surface area contributed by atoms with Crippen LogP contribution in [0.1, 0.15) is 10.8 Å². The van der Waals surface area contributed by atoms with E-state index >= 15 is 0 Å². The average molecular weight is 518 g/mol. The highest BCUT2D eigenvalue weighted by atomic mass is 32.2. The minimum Gasteiger partial charge on any atom is -0.495 e. The van der Waals surface area contributed by atoms with Crippen LogP contribution >= 0.6 is 24.0 Å². The van der Waals surface area contributed by atoms with Crippen molar-refractivity contribution < 1.29 is 13.9 Å². The van der Waals surface area contributed by atoms with Crippen LogP contribution in [0.4, 0.5) is 21.5 Å². The molecule has 0 bridgehead atoms. The molecule has 0 saturated carbocycles. The first-order valence-corrected chi connectivity index (χ1v) is 12.4. The number of para-hydroxylation sites is 2. The van der Waals surface area contributed by atoms with E-state index in [0.29, 0.717) is 16.5 Å². The van der Waals surface area contributed by atoms with Crippen LogP contribution in [0.3, 0.4) is 0 Å². The van der Waals surface area contributed by atoms with Gasteiger partial charge in [-0.3, -0.25) is 4.79 Å². The molecule has 36 heavy (non-hydrogen) atoms. The van der Waals surface area contributed by atoms with Crippen molar-refractivity contribution in [1.29, 1.82) is 0 Å². The maximum atomic E-state index is 13.3. The molecule has 4 aromatic carbocycles. The lowest BCUT2D eigenvalue weighted by Crippen LogP contribution is -2.20. The van der Waals surface area contributed by atoms with Gasteiger partial charge in [-0.05, 0) is 72.4 Å². The normalized spacial score (nSPS) is 11.3. The molecular weight excluding hydrogens is 493 g/mol. The number of thioether (sulfide) groups is 1. The summed E-state index contributed by atoms with van der Waals surface area (Å²) in [4.78, 5) is 14.1. The number of amides is 1. The van der Waals surface area contributed by atoms with Gasteiger partial charge in [0.25, 0.3) is 0 Å². The lowest BCUT2D eigenvalue weighted by atomic mass is 10.1. The van der Waals surface area contributed by atoms with E-state index in [0.717, 1.165) is 21.8 Å². The predicted molar refractivity (Wildman–Crippen MR) is 149 cm³/mol. The molecule has 0 aliphatic carbocycles. The Bertz CT molecular complexity index is 1330. The van der Waals surface area contributed by atoms with Gasteiger partial charge in [-0.1, -0.05) is 48.5 Å². The van der Waals surface area contributed by atoms with Gasteiger partial charge in [-0.15, -0.1) is 11.8 Å². The third-order valence-corrected chi connectivity index (χ3v) is 6.61. The van der Waals surface area contributed by atoms with E-state index in [2.05, 4.69) is 16.0 Å². The van der Waals surface area contributed by atoms with Gasteiger partial charge in [-0.2, -0.15) is 0 Å². The van der Waals surface area contributed by atoms with E-state index in [1.165, 1.54) is 23.9 Å². The van der Waals surface area contributed by atoms with Gasteiger partial charge in [0.05, 0.1) is 12.8 Å². The Morgan fingerprint density at radius 3 is 2.31 bits per heavy atom. The van der Waals surface area contributed by atoms with E-state index in [4.69, 9.17) is 17.0 Å². The smallest absolute Gasteiger partial charge is 0.242 e. The fraction of sp³-hybridized carbons (Fsp3) is 0.0714. The zero-order valence-corrected chi connectivity index (χ0v) is 21.0. The number of carbonyl (C=O) groups excluding carboxylic acids is 1. The van der Waals surface area contributed by atoms with Crippen molar-refractivity contribution in [1.82, 2.24) is 0 Å². The van der Waals surface area contributed by atoms with Gasteiger partial charge in [-0.25, -0.2) is 4.39 Å². The third kappa shape index (κ3) is 6.84. The van der Waals surface area contributed by atoms with E-state index in [1.807, 2.05) is 78.9 Å². The fourth-order valence-corrected chi connectivity index (χ4v) is 4.77. The van der Waals surface area contributed by atoms with Crippen molar-refractivity contribution in [3.05, 3.63) is 115 Å². The number of hydrogen-bond acceptors (Lipinski definition) is 4. The SMILES string of the molecule is COc1ccccc1NC(=S)Nc1cccc(SC(C(=O)Nc2ccc(F)cc2)c2ccccc2)c1. The topological polar surface area (TPSA) is 62.4 Å². The minimum absolute atomic E-state index is 0.204. The number of benzene rings is 4. The average Bonchev–Trinajstić information content (AvgIpc) is 2.89. The number of ether oxygens (including phenoxy) is 1. The maximum Gasteiger partial charge on any atom is 0.242 e. The number of nitrogens with one attached hydrogen (secondary N) is 3. The quantitative estimate of drug-likeness (QED) is 0.171. The van der Waals surface area contributed by atoms with Crippen LogP contribution in [0, 0.1) is 5.82 Å². The van der Waals surface area contributed by atoms with E-state index in [-0.39, 0.29) is 11.7 Å². The summed E-state index contributed by atoms with van der Waals surface area (Å²) in [5.74, 6) is 0.123. The molecule has 3 N–H and O–H groups in total. The number of methoxy groups -OCH3 is 1. The molecule has 4 rings (SSSR count). The number of hydrogen-bond donors (Lipinski definition) is 3. The molecule has 0 aliphatic rings. The largest absolute Gasteiger partial charge is 0.495 e. The van der Waals surface area contributed by atoms with Gasteiger partial charge in [0, 0.05) is 16.3 Å². The second-order valence-electron chi connectivity index (χ2n) is 7.71. The van der Waals surface area contributed by atoms with Crippen LogP contribution in [0.25, 0.3) is 0 Å². The van der Waals surface area contributed by atoms with Crippen molar-refractivity contribution in [3.8, 4) is 5.75 Å². The molecule has 0 fully saturated rings. The molecular formula is C28H24FN3O2S2. The summed E-state index contributed by atoms with van der Waals surface area (Å²) < 4.78 is 18.6. The van der Waals surface area contributed by atoms with Crippen molar-refractivity contribution in [2.75, 3.05) is 23.1 Å². The lowest BCUT2D eigenvalue weighted by Gasteiger charge is -2.18. The Morgan fingerprint density at radius 1 is 0.833 bits per heavy atom. The molecule has 1 unspecified atom stereocenters. The van der Waals surface area contributed by atoms with Gasteiger partial charge < -0.3 is 20.7 Å². The highest BCUT2D eigenvalue weighted by Gasteiger charge is 2.22. The number of thiocarbonyl (C=S) groups is 1. The van der Waals surface area contributed by atoms with Gasteiger partial charge in [0.2, 0.25) is 5.91 Å². The zero-order valence-electron chi connectivity index (χ0n) is 19.4. The summed E-state index contributed by atoms with van der Waals surface area (Å²) in [6, 6.07) is 30.4. The van der Waals surface area contributed by atoms with Crippen molar-refractivity contribution >= 4 is 52.1 Å². The Morgan fingerprint density at radius 2 is 1.56 bits per heavy atom. The number of carbonyl (C=O) groups is 1. The molecule has 0 heterocycles. The highest BCUT2D eigenvalue weighted by Crippen LogP contribution is 2.37. The van der Waals surface area contributed by atoms with Gasteiger partial charge >= 0.3 is 0 Å². The number of rotatable bonds is 8. The molecule has 1 atom stereocenters. The maximum absolute atomic E-state index is 13.3. The van der Waals surface area contributed by atoms with Crippen molar-refractivity contribution in [3.63, 3.8) is 0 Å². The lowest BCUT2D eigenvalue weighted by molar-refractivity contribution is -0.115. The first kappa shape index (κ1) is 25.2. The first-order valence-electron chi connectivity index (χ1n) is 11.1. The molecule has 4 aromatic rings. The van der Waals surface area contributed by atoms with Gasteiger partial charge in [0.15, 0.2) is 5.11 Å². The van der Waals surface area contributed by atoms with Crippen molar-refractivity contribution in [2.45, 2.75) is 10.1 Å². The first-order chi connectivity index (χ1) is 17.5. The Kier molecular flexibility index (Phi) is 8.54. The predicted octanol–water partition coefficient (Wildman–Crippen LogP) is 7.12. The van der Waals surface area contributed by atoms with E-state index in [1.54, 1.807) is 19.2 Å². The van der Waals surface area contributed by atoms with Crippen LogP contribution in [0.15, 0.2) is 108 Å². The molecule has 182 valence electrons. The molecule has 0 spiro atoms. The van der Waals surface area contributed by atoms with Crippen LogP contribution in [0.5, 0.6) is 5.75 Å². The van der Waals surface area contributed by atoms with Crippen LogP contribution in [-0.4, -0.2) is 18.1 Å². The second-order valence-corrected chi connectivity index (χ2v) is 9.30. The zero-order chi connectivity index (χ0) is 25.3. The Hall–Kier alpha value is -3.88. The highest BCUT2D eigenvalue weighted by molar-refractivity contribution is 8.00. The summed E-state index contributed by atoms with van der Waals surface area (Å²) in [6.45, 7) is 0. The Labute approximate surface area is 219 Å². The monoisotopic (exact) mass is 517 g/mol. The number of anilines is 3. The standard InChI is InChI=1S/C28H24FN3O2S2/c1-34-25-13-6-5-12-24(25)32-28(35)31-22-10-7-11-23(18-22)36-26(19-8-3-2-4-9-19)27(33)30-21-16-14-20(29)15-17-21/h2-18,26H,1H3,(H,30,33)(H2,31,32,35). The number of halogens is 1. The fourth-order valence-electron chi connectivity index (χ4n) is 3.46. The second kappa shape index (κ2) is 12.2. The van der Waals surface area contributed by atoms with Crippen LogP contribution < -0.4 is 20.7 Å². The molecule has 1 amide bonds. The molecule has 8 heteroatoms. The summed E-state index contributed by atoms with van der Waals surface area (Å²) in [5.41, 5.74) is 2.92. The molecule has 0 radical (unpaired) electrons. The molecule has 0 aliphatic heterocycles. The van der Waals surface area contributed by atoms with E-state index < -0.39 is 5.25 Å². The minimum atomic E-state index is -0.523. The van der Waals surface area contributed by atoms with Gasteiger partial charge in [0.1, 0.15) is 16.8 Å². The van der Waals surface area contributed by atoms with E-state index in [9.17, 15) is 9.18 Å². The molecule has 0 saturated heterocycles. The molecule has 5 nitrogen and oxygen atoms in total. The Balaban J connectivity index is 1.49. The molecule has 0 aromatic heterocycles. The third-order valence-electron chi connectivity index (χ3n) is 5.15. The summed E-state index contributed by atoms with van der Waals surface area (Å²) in [5, 5.41) is 9.11.